The van der Waals surface area contributed by atoms with Crippen LogP contribution in [0, 0.1) is 0 Å². The van der Waals surface area contributed by atoms with Crippen LogP contribution in [0.1, 0.15) is 19.8 Å². The summed E-state index contributed by atoms with van der Waals surface area (Å²) in [7, 11) is 3.34. The van der Waals surface area contributed by atoms with Crippen molar-refractivity contribution in [2.75, 3.05) is 51.8 Å². The van der Waals surface area contributed by atoms with Crippen molar-refractivity contribution in [2.45, 2.75) is 19.8 Å². The van der Waals surface area contributed by atoms with Gasteiger partial charge in [0, 0.05) is 45.5 Å². The van der Waals surface area contributed by atoms with Crippen LogP contribution < -0.4 is 9.64 Å². The Kier molecular flexibility index (Phi) is 6.46. The van der Waals surface area contributed by atoms with Gasteiger partial charge in [-0.05, 0) is 30.7 Å². The van der Waals surface area contributed by atoms with Crippen LogP contribution in [0.3, 0.4) is 0 Å². The average molecular weight is 333 g/mol. The van der Waals surface area contributed by atoms with Crippen molar-refractivity contribution < 1.29 is 14.3 Å². The number of benzene rings is 1. The van der Waals surface area contributed by atoms with Crippen LogP contribution in [-0.4, -0.2) is 68.5 Å². The van der Waals surface area contributed by atoms with Crippen LogP contribution in [-0.2, 0) is 9.59 Å². The summed E-state index contributed by atoms with van der Waals surface area (Å²) < 4.78 is 5.17. The van der Waals surface area contributed by atoms with Crippen LogP contribution in [0.4, 0.5) is 5.69 Å². The summed E-state index contributed by atoms with van der Waals surface area (Å²) in [5.74, 6) is 0.0395. The third kappa shape index (κ3) is 4.40. The number of hydrogen-bond donors (Lipinski definition) is 0. The maximum atomic E-state index is 12.3. The number of ether oxygens (including phenoxy) is 1. The predicted molar refractivity (Wildman–Crippen MR) is 94.3 cm³/mol. The van der Waals surface area contributed by atoms with Crippen LogP contribution in [0.25, 0.3) is 0 Å². The zero-order chi connectivity index (χ0) is 17.5. The molecule has 2 amide bonds. The second-order valence-electron chi connectivity index (χ2n) is 6.06. The molecule has 0 N–H and O–H groups in total. The molecule has 0 bridgehead atoms. The fourth-order valence-corrected chi connectivity index (χ4v) is 2.76. The SMILES string of the molecule is CCCCN(C)C(=O)C(=O)N1CCN(c2ccc(OC)cc2)CC1. The Bertz CT molecular complexity index is 551. The Hall–Kier alpha value is -2.24. The lowest BCUT2D eigenvalue weighted by atomic mass is 10.2. The van der Waals surface area contributed by atoms with Gasteiger partial charge in [0.25, 0.3) is 0 Å². The highest BCUT2D eigenvalue weighted by atomic mass is 16.5. The van der Waals surface area contributed by atoms with Crippen molar-refractivity contribution in [3.63, 3.8) is 0 Å². The Morgan fingerprint density at radius 3 is 2.29 bits per heavy atom. The summed E-state index contributed by atoms with van der Waals surface area (Å²) in [5.41, 5.74) is 1.11. The normalized spacial score (nSPS) is 14.5. The minimum atomic E-state index is -0.402. The molecule has 132 valence electrons. The molecule has 1 aliphatic heterocycles. The highest BCUT2D eigenvalue weighted by molar-refractivity contribution is 6.34. The van der Waals surface area contributed by atoms with Gasteiger partial charge in [0.1, 0.15) is 5.75 Å². The van der Waals surface area contributed by atoms with E-state index in [9.17, 15) is 9.59 Å². The topological polar surface area (TPSA) is 53.1 Å². The molecule has 0 spiro atoms. The fraction of sp³-hybridized carbons (Fsp3) is 0.556. The van der Waals surface area contributed by atoms with E-state index in [2.05, 4.69) is 11.8 Å². The number of unbranched alkanes of at least 4 members (excludes halogenated alkanes) is 1. The number of likely N-dealkylation sites (N-methyl/N-ethyl adjacent to an activating group) is 1. The summed E-state index contributed by atoms with van der Waals surface area (Å²) in [4.78, 5) is 29.9. The number of hydrogen-bond acceptors (Lipinski definition) is 4. The third-order valence-corrected chi connectivity index (χ3v) is 4.38. The number of piperazine rings is 1. The number of rotatable bonds is 5. The standard InChI is InChI=1S/C18H27N3O3/c1-4-5-10-19(2)17(22)18(23)21-13-11-20(12-14-21)15-6-8-16(24-3)9-7-15/h6-9H,4-5,10-14H2,1-3H3. The number of carbonyl (C=O) groups excluding carboxylic acids is 2. The molecule has 0 unspecified atom stereocenters. The quantitative estimate of drug-likeness (QED) is 0.768. The lowest BCUT2D eigenvalue weighted by Gasteiger charge is -2.36. The van der Waals surface area contributed by atoms with E-state index in [1.54, 1.807) is 19.1 Å². The number of nitrogens with zero attached hydrogens (tertiary/aromatic N) is 3. The number of amides is 2. The summed E-state index contributed by atoms with van der Waals surface area (Å²) in [6, 6.07) is 7.89. The van der Waals surface area contributed by atoms with E-state index in [4.69, 9.17) is 4.74 Å². The maximum Gasteiger partial charge on any atom is 0.312 e. The molecule has 1 heterocycles. The van der Waals surface area contributed by atoms with Gasteiger partial charge in [-0.2, -0.15) is 0 Å². The smallest absolute Gasteiger partial charge is 0.312 e. The van der Waals surface area contributed by atoms with E-state index in [-0.39, 0.29) is 5.91 Å². The first-order chi connectivity index (χ1) is 11.6. The Morgan fingerprint density at radius 1 is 1.12 bits per heavy atom. The fourth-order valence-electron chi connectivity index (χ4n) is 2.76. The number of anilines is 1. The van der Waals surface area contributed by atoms with Crippen LogP contribution in [0.5, 0.6) is 5.75 Å². The predicted octanol–water partition coefficient (Wildman–Crippen LogP) is 1.60. The van der Waals surface area contributed by atoms with E-state index < -0.39 is 5.91 Å². The molecule has 6 nitrogen and oxygen atoms in total. The van der Waals surface area contributed by atoms with Gasteiger partial charge >= 0.3 is 11.8 Å². The molecule has 6 heteroatoms. The number of methoxy groups -OCH3 is 1. The van der Waals surface area contributed by atoms with Gasteiger partial charge < -0.3 is 19.4 Å². The largest absolute Gasteiger partial charge is 0.497 e. The number of carbonyl (C=O) groups is 2. The minimum Gasteiger partial charge on any atom is -0.497 e. The van der Waals surface area contributed by atoms with Gasteiger partial charge in [-0.25, -0.2) is 0 Å². The van der Waals surface area contributed by atoms with Crippen molar-refractivity contribution in [3.8, 4) is 5.75 Å². The molecule has 24 heavy (non-hydrogen) atoms. The van der Waals surface area contributed by atoms with E-state index in [0.29, 0.717) is 19.6 Å². The molecule has 0 aromatic heterocycles. The first-order valence-electron chi connectivity index (χ1n) is 8.50. The van der Waals surface area contributed by atoms with Crippen molar-refractivity contribution in [1.29, 1.82) is 0 Å². The second-order valence-corrected chi connectivity index (χ2v) is 6.06. The molecule has 1 saturated heterocycles. The molecular weight excluding hydrogens is 306 g/mol. The van der Waals surface area contributed by atoms with E-state index >= 15 is 0 Å². The van der Waals surface area contributed by atoms with Gasteiger partial charge in [0.15, 0.2) is 0 Å². The van der Waals surface area contributed by atoms with Crippen molar-refractivity contribution >= 4 is 17.5 Å². The molecular formula is C18H27N3O3. The highest BCUT2D eigenvalue weighted by Crippen LogP contribution is 2.20. The van der Waals surface area contributed by atoms with Crippen LogP contribution in [0.15, 0.2) is 24.3 Å². The molecule has 1 aromatic carbocycles. The Labute approximate surface area is 144 Å². The first kappa shape index (κ1) is 18.1. The van der Waals surface area contributed by atoms with E-state index in [1.165, 1.54) is 4.90 Å². The lowest BCUT2D eigenvalue weighted by Crippen LogP contribution is -2.53. The summed E-state index contributed by atoms with van der Waals surface area (Å²) in [6.07, 6.45) is 1.92. The summed E-state index contributed by atoms with van der Waals surface area (Å²) >= 11 is 0. The second kappa shape index (κ2) is 8.57. The third-order valence-electron chi connectivity index (χ3n) is 4.38. The van der Waals surface area contributed by atoms with E-state index in [0.717, 1.165) is 37.4 Å². The lowest BCUT2D eigenvalue weighted by molar-refractivity contribution is -0.151. The van der Waals surface area contributed by atoms with Gasteiger partial charge in [0.2, 0.25) is 0 Å². The molecule has 1 fully saturated rings. The maximum absolute atomic E-state index is 12.3. The van der Waals surface area contributed by atoms with E-state index in [1.807, 2.05) is 24.3 Å². The summed E-state index contributed by atoms with van der Waals surface area (Å²) in [6.45, 7) is 5.29. The minimum absolute atomic E-state index is 0.386. The van der Waals surface area contributed by atoms with Crippen LogP contribution in [0.2, 0.25) is 0 Å². The monoisotopic (exact) mass is 333 g/mol. The highest BCUT2D eigenvalue weighted by Gasteiger charge is 2.28. The molecule has 0 aliphatic carbocycles. The summed E-state index contributed by atoms with van der Waals surface area (Å²) in [5, 5.41) is 0. The van der Waals surface area contributed by atoms with Crippen LogP contribution >= 0.6 is 0 Å². The molecule has 0 saturated carbocycles. The zero-order valence-corrected chi connectivity index (χ0v) is 14.8. The molecule has 2 rings (SSSR count). The molecule has 0 atom stereocenters. The molecule has 1 aromatic rings. The average Bonchev–Trinajstić information content (AvgIpc) is 2.65. The van der Waals surface area contributed by atoms with Gasteiger partial charge in [-0.1, -0.05) is 13.3 Å². The van der Waals surface area contributed by atoms with Crippen molar-refractivity contribution in [1.82, 2.24) is 9.80 Å². The first-order valence-corrected chi connectivity index (χ1v) is 8.50. The van der Waals surface area contributed by atoms with Gasteiger partial charge in [0.05, 0.1) is 7.11 Å². The Balaban J connectivity index is 1.87. The van der Waals surface area contributed by atoms with Gasteiger partial charge in [-0.3, -0.25) is 9.59 Å². The van der Waals surface area contributed by atoms with Crippen molar-refractivity contribution in [2.24, 2.45) is 0 Å². The molecule has 1 aliphatic rings. The zero-order valence-electron chi connectivity index (χ0n) is 14.8. The molecule has 0 radical (unpaired) electrons. The van der Waals surface area contributed by atoms with Crippen molar-refractivity contribution in [3.05, 3.63) is 24.3 Å². The Morgan fingerprint density at radius 2 is 1.75 bits per heavy atom. The van der Waals surface area contributed by atoms with Gasteiger partial charge in [-0.15, -0.1) is 0 Å².